The predicted octanol–water partition coefficient (Wildman–Crippen LogP) is 4.90. The lowest BCUT2D eigenvalue weighted by Gasteiger charge is -2.12. The number of aromatic nitrogens is 1. The fraction of sp³-hybridized carbons (Fsp3) is 0.250. The largest absolute Gasteiger partial charge is 0.466 e. The van der Waals surface area contributed by atoms with E-state index in [1.807, 2.05) is 55.6 Å². The van der Waals surface area contributed by atoms with Crippen LogP contribution in [0.1, 0.15) is 24.5 Å². The Kier molecular flexibility index (Phi) is 7.19. The van der Waals surface area contributed by atoms with E-state index < -0.39 is 0 Å². The molecule has 0 aliphatic rings. The molecule has 0 saturated carbocycles. The Morgan fingerprint density at radius 1 is 1.04 bits per heavy atom. The SMILES string of the molecule is CCOC(=O)Cc1cc(NCCCc2ccccc2)ncc1-c1ccccc1. The molecule has 1 aromatic heterocycles. The van der Waals surface area contributed by atoms with Gasteiger partial charge in [0, 0.05) is 18.3 Å². The van der Waals surface area contributed by atoms with Crippen molar-refractivity contribution in [1.29, 1.82) is 0 Å². The Morgan fingerprint density at radius 3 is 2.46 bits per heavy atom. The lowest BCUT2D eigenvalue weighted by Crippen LogP contribution is -2.10. The zero-order valence-electron chi connectivity index (χ0n) is 16.2. The van der Waals surface area contributed by atoms with Crippen LogP contribution in [0, 0.1) is 0 Å². The minimum Gasteiger partial charge on any atom is -0.466 e. The molecule has 0 aliphatic heterocycles. The van der Waals surface area contributed by atoms with Crippen LogP contribution in [0.2, 0.25) is 0 Å². The maximum atomic E-state index is 12.1. The normalized spacial score (nSPS) is 10.5. The highest BCUT2D eigenvalue weighted by Crippen LogP contribution is 2.25. The average Bonchev–Trinajstić information content (AvgIpc) is 2.73. The van der Waals surface area contributed by atoms with Crippen LogP contribution in [0.3, 0.4) is 0 Å². The number of anilines is 1. The van der Waals surface area contributed by atoms with Gasteiger partial charge in [0.1, 0.15) is 5.82 Å². The standard InChI is InChI=1S/C24H26N2O2/c1-2-28-24(27)17-21-16-23(25-15-9-12-19-10-5-3-6-11-19)26-18-22(21)20-13-7-4-8-14-20/h3-8,10-11,13-14,16,18H,2,9,12,15,17H2,1H3,(H,25,26). The molecule has 3 rings (SSSR count). The predicted molar refractivity (Wildman–Crippen MR) is 113 cm³/mol. The van der Waals surface area contributed by atoms with Gasteiger partial charge >= 0.3 is 5.97 Å². The van der Waals surface area contributed by atoms with E-state index in [1.54, 1.807) is 0 Å². The third-order valence-electron chi connectivity index (χ3n) is 4.51. The molecule has 3 aromatic rings. The lowest BCUT2D eigenvalue weighted by molar-refractivity contribution is -0.142. The molecule has 0 fully saturated rings. The molecule has 1 N–H and O–H groups in total. The highest BCUT2D eigenvalue weighted by atomic mass is 16.5. The Morgan fingerprint density at radius 2 is 1.75 bits per heavy atom. The molecule has 0 spiro atoms. The minimum absolute atomic E-state index is 0.221. The maximum Gasteiger partial charge on any atom is 0.310 e. The summed E-state index contributed by atoms with van der Waals surface area (Å²) in [7, 11) is 0. The van der Waals surface area contributed by atoms with E-state index in [9.17, 15) is 4.79 Å². The third-order valence-corrected chi connectivity index (χ3v) is 4.51. The molecule has 4 nitrogen and oxygen atoms in total. The zero-order valence-corrected chi connectivity index (χ0v) is 16.2. The van der Waals surface area contributed by atoms with E-state index in [2.05, 4.69) is 34.6 Å². The topological polar surface area (TPSA) is 51.2 Å². The van der Waals surface area contributed by atoms with Gasteiger partial charge < -0.3 is 10.1 Å². The second-order valence-electron chi connectivity index (χ2n) is 6.59. The molecule has 4 heteroatoms. The van der Waals surface area contributed by atoms with Crippen LogP contribution in [0.25, 0.3) is 11.1 Å². The zero-order chi connectivity index (χ0) is 19.6. The number of esters is 1. The fourth-order valence-corrected chi connectivity index (χ4v) is 3.14. The van der Waals surface area contributed by atoms with Crippen molar-refractivity contribution in [1.82, 2.24) is 4.98 Å². The molecule has 1 heterocycles. The van der Waals surface area contributed by atoms with Gasteiger partial charge in [0.05, 0.1) is 13.0 Å². The number of carbonyl (C=O) groups excluding carboxylic acids is 1. The number of benzene rings is 2. The Hall–Kier alpha value is -3.14. The summed E-state index contributed by atoms with van der Waals surface area (Å²) in [6.45, 7) is 3.03. The highest BCUT2D eigenvalue weighted by Gasteiger charge is 2.12. The first-order valence-corrected chi connectivity index (χ1v) is 9.74. The first-order chi connectivity index (χ1) is 13.8. The van der Waals surface area contributed by atoms with Crippen LogP contribution in [-0.4, -0.2) is 24.1 Å². The number of carbonyl (C=O) groups is 1. The molecule has 0 bridgehead atoms. The van der Waals surface area contributed by atoms with E-state index in [4.69, 9.17) is 4.74 Å². The molecule has 2 aromatic carbocycles. The van der Waals surface area contributed by atoms with Crippen molar-refractivity contribution in [3.05, 3.63) is 84.1 Å². The molecule has 28 heavy (non-hydrogen) atoms. The number of aryl methyl sites for hydroxylation is 1. The van der Waals surface area contributed by atoms with Gasteiger partial charge in [-0.3, -0.25) is 4.79 Å². The molecule has 144 valence electrons. The summed E-state index contributed by atoms with van der Waals surface area (Å²) >= 11 is 0. The fourth-order valence-electron chi connectivity index (χ4n) is 3.14. The smallest absolute Gasteiger partial charge is 0.310 e. The first-order valence-electron chi connectivity index (χ1n) is 9.74. The summed E-state index contributed by atoms with van der Waals surface area (Å²) in [5, 5.41) is 3.38. The quantitative estimate of drug-likeness (QED) is 0.428. The molecule has 0 amide bonds. The summed E-state index contributed by atoms with van der Waals surface area (Å²) in [5.41, 5.74) is 4.26. The second kappa shape index (κ2) is 10.3. The van der Waals surface area contributed by atoms with E-state index in [1.165, 1.54) is 5.56 Å². The van der Waals surface area contributed by atoms with Gasteiger partial charge in [-0.25, -0.2) is 4.98 Å². The van der Waals surface area contributed by atoms with Gasteiger partial charge in [0.2, 0.25) is 0 Å². The molecule has 0 unspecified atom stereocenters. The van der Waals surface area contributed by atoms with E-state index >= 15 is 0 Å². The minimum atomic E-state index is -0.221. The number of hydrogen-bond donors (Lipinski definition) is 1. The summed E-state index contributed by atoms with van der Waals surface area (Å²) < 4.78 is 5.14. The van der Waals surface area contributed by atoms with Gasteiger partial charge in [-0.05, 0) is 42.5 Å². The molecular weight excluding hydrogens is 348 g/mol. The molecule has 0 saturated heterocycles. The van der Waals surface area contributed by atoms with Crippen molar-refractivity contribution >= 4 is 11.8 Å². The summed E-state index contributed by atoms with van der Waals surface area (Å²) in [6.07, 6.45) is 4.10. The summed E-state index contributed by atoms with van der Waals surface area (Å²) in [6, 6.07) is 22.4. The number of pyridine rings is 1. The van der Waals surface area contributed by atoms with Crippen molar-refractivity contribution in [2.24, 2.45) is 0 Å². The van der Waals surface area contributed by atoms with Crippen molar-refractivity contribution in [3.8, 4) is 11.1 Å². The Bertz CT molecular complexity index is 880. The van der Waals surface area contributed by atoms with Gasteiger partial charge in [0.25, 0.3) is 0 Å². The number of nitrogens with zero attached hydrogens (tertiary/aromatic N) is 1. The van der Waals surface area contributed by atoms with Gasteiger partial charge in [0.15, 0.2) is 0 Å². The van der Waals surface area contributed by atoms with Crippen LogP contribution in [0.5, 0.6) is 0 Å². The van der Waals surface area contributed by atoms with Crippen molar-refractivity contribution in [2.75, 3.05) is 18.5 Å². The monoisotopic (exact) mass is 374 g/mol. The molecule has 0 radical (unpaired) electrons. The van der Waals surface area contributed by atoms with E-state index in [0.717, 1.165) is 41.9 Å². The summed E-state index contributed by atoms with van der Waals surface area (Å²) in [4.78, 5) is 16.6. The van der Waals surface area contributed by atoms with Gasteiger partial charge in [-0.2, -0.15) is 0 Å². The summed E-state index contributed by atoms with van der Waals surface area (Å²) in [5.74, 6) is 0.563. The maximum absolute atomic E-state index is 12.1. The van der Waals surface area contributed by atoms with E-state index in [-0.39, 0.29) is 12.4 Å². The van der Waals surface area contributed by atoms with Crippen molar-refractivity contribution in [2.45, 2.75) is 26.2 Å². The van der Waals surface area contributed by atoms with Crippen LogP contribution in [0.4, 0.5) is 5.82 Å². The highest BCUT2D eigenvalue weighted by molar-refractivity contribution is 5.78. The van der Waals surface area contributed by atoms with Crippen molar-refractivity contribution < 1.29 is 9.53 Å². The average molecular weight is 374 g/mol. The third kappa shape index (κ3) is 5.68. The van der Waals surface area contributed by atoms with Crippen molar-refractivity contribution in [3.63, 3.8) is 0 Å². The molecular formula is C24H26N2O2. The lowest BCUT2D eigenvalue weighted by atomic mass is 10.00. The number of hydrogen-bond acceptors (Lipinski definition) is 4. The van der Waals surface area contributed by atoms with Crippen LogP contribution in [-0.2, 0) is 22.4 Å². The first kappa shape index (κ1) is 19.6. The second-order valence-corrected chi connectivity index (χ2v) is 6.59. The van der Waals surface area contributed by atoms with Crippen LogP contribution >= 0.6 is 0 Å². The Labute approximate surface area is 166 Å². The Balaban J connectivity index is 1.69. The number of rotatable bonds is 9. The van der Waals surface area contributed by atoms with Gasteiger partial charge in [-0.1, -0.05) is 60.7 Å². The van der Waals surface area contributed by atoms with Crippen LogP contribution in [0.15, 0.2) is 72.9 Å². The molecule has 0 atom stereocenters. The molecule has 0 aliphatic carbocycles. The van der Waals surface area contributed by atoms with Gasteiger partial charge in [-0.15, -0.1) is 0 Å². The number of nitrogens with one attached hydrogen (secondary N) is 1. The van der Waals surface area contributed by atoms with Crippen LogP contribution < -0.4 is 5.32 Å². The van der Waals surface area contributed by atoms with E-state index in [0.29, 0.717) is 6.61 Å². The number of ether oxygens (including phenoxy) is 1.